The van der Waals surface area contributed by atoms with Gasteiger partial charge >= 0.3 is 11.9 Å². The van der Waals surface area contributed by atoms with Gasteiger partial charge in [-0.15, -0.1) is 0 Å². The van der Waals surface area contributed by atoms with E-state index in [0.29, 0.717) is 12.2 Å². The van der Waals surface area contributed by atoms with Gasteiger partial charge in [-0.25, -0.2) is 14.4 Å². The topological polar surface area (TPSA) is 99.0 Å². The average molecular weight is 266 g/mol. The smallest absolute Gasteiger partial charge is 0.328 e. The lowest BCUT2D eigenvalue weighted by atomic mass is 10.2. The van der Waals surface area contributed by atoms with Crippen LogP contribution in [0, 0.1) is 0 Å². The molecule has 0 aromatic heterocycles. The zero-order valence-corrected chi connectivity index (χ0v) is 9.92. The lowest BCUT2D eigenvalue weighted by molar-refractivity contribution is -0.134. The van der Waals surface area contributed by atoms with Gasteiger partial charge in [0.25, 0.3) is 0 Å². The van der Waals surface area contributed by atoms with Gasteiger partial charge in [0, 0.05) is 34.6 Å². The zero-order valence-electron chi connectivity index (χ0n) is 9.11. The average Bonchev–Trinajstić information content (AvgIpc) is 2.37. The number of hydrazone groups is 1. The Morgan fingerprint density at radius 2 is 1.78 bits per heavy atom. The van der Waals surface area contributed by atoms with Crippen LogP contribution in [-0.2, 0) is 9.59 Å². The van der Waals surface area contributed by atoms with Crippen molar-refractivity contribution in [2.75, 3.05) is 0 Å². The normalized spacial score (nSPS) is 12.0. The summed E-state index contributed by atoms with van der Waals surface area (Å²) >= 11 is 1.54. The third-order valence-corrected chi connectivity index (χ3v) is 2.49. The first-order chi connectivity index (χ1) is 8.59. The van der Waals surface area contributed by atoms with Crippen molar-refractivity contribution in [1.82, 2.24) is 4.83 Å². The molecule has 0 saturated carbocycles. The summed E-state index contributed by atoms with van der Waals surface area (Å²) in [5.41, 5.74) is 1.19. The van der Waals surface area contributed by atoms with Crippen molar-refractivity contribution >= 4 is 30.1 Å². The maximum Gasteiger partial charge on any atom is 0.328 e. The van der Waals surface area contributed by atoms with Crippen LogP contribution < -0.4 is 4.83 Å². The minimum absolute atomic E-state index is 0.558. The van der Waals surface area contributed by atoms with E-state index in [1.165, 1.54) is 10.5 Å². The van der Waals surface area contributed by atoms with Crippen LogP contribution >= 0.6 is 11.9 Å². The van der Waals surface area contributed by atoms with Crippen LogP contribution in [0.15, 0.2) is 46.4 Å². The summed E-state index contributed by atoms with van der Waals surface area (Å²) in [5, 5.41) is 19.5. The molecule has 1 aliphatic rings. The van der Waals surface area contributed by atoms with E-state index >= 15 is 0 Å². The highest BCUT2D eigenvalue weighted by Gasteiger charge is 2.01. The Kier molecular flexibility index (Phi) is 5.46. The van der Waals surface area contributed by atoms with Gasteiger partial charge in [0.1, 0.15) is 0 Å². The van der Waals surface area contributed by atoms with E-state index in [4.69, 9.17) is 10.2 Å². The number of aliphatic carboxylic acids is 2. The van der Waals surface area contributed by atoms with Crippen molar-refractivity contribution in [2.45, 2.75) is 4.90 Å². The van der Waals surface area contributed by atoms with Crippen LogP contribution in [0.25, 0.3) is 0 Å². The van der Waals surface area contributed by atoms with Gasteiger partial charge in [-0.1, -0.05) is 18.2 Å². The van der Waals surface area contributed by atoms with Crippen LogP contribution in [0.4, 0.5) is 0 Å². The number of carboxylic acid groups (broad SMARTS) is 2. The van der Waals surface area contributed by atoms with E-state index in [0.717, 1.165) is 0 Å². The molecule has 3 N–H and O–H groups in total. The fraction of sp³-hybridized carbons (Fsp3) is 0. The van der Waals surface area contributed by atoms with Gasteiger partial charge in [0.05, 0.1) is 6.21 Å². The molecular formula is C11H10N2O4S. The summed E-state index contributed by atoms with van der Waals surface area (Å²) in [6.45, 7) is 0. The number of carboxylic acids is 2. The van der Waals surface area contributed by atoms with Crippen molar-refractivity contribution < 1.29 is 19.8 Å². The first-order valence-corrected chi connectivity index (χ1v) is 5.59. The number of carbonyl (C=O) groups is 2. The van der Waals surface area contributed by atoms with Crippen LogP contribution in [0.1, 0.15) is 5.56 Å². The second kappa shape index (κ2) is 7.13. The number of hydrogen-bond donors (Lipinski definition) is 3. The number of nitrogens with zero attached hydrogens (tertiary/aromatic N) is 1. The summed E-state index contributed by atoms with van der Waals surface area (Å²) in [5.74, 6) is -2.51. The highest BCUT2D eigenvalue weighted by atomic mass is 32.2. The Morgan fingerprint density at radius 1 is 1.17 bits per heavy atom. The molecule has 0 fully saturated rings. The van der Waals surface area contributed by atoms with E-state index in [-0.39, 0.29) is 0 Å². The molecule has 0 radical (unpaired) electrons. The van der Waals surface area contributed by atoms with E-state index in [1.54, 1.807) is 11.9 Å². The quantitative estimate of drug-likeness (QED) is 0.552. The highest BCUT2D eigenvalue weighted by Crippen LogP contribution is 2.20. The van der Waals surface area contributed by atoms with Crippen LogP contribution in [-0.4, -0.2) is 28.4 Å². The van der Waals surface area contributed by atoms with Gasteiger partial charge in [0.15, 0.2) is 0 Å². The standard InChI is InChI=1S/C7H6N2S.C4H4O4/c1-2-4-7-6(3-1)5-8-9-10-7;5-3(6)1-2-4(7)8/h1-5,9H;1-2H,(H,5,6)(H,7,8)/b;2-1-. The lowest BCUT2D eigenvalue weighted by Gasteiger charge is -2.07. The number of hydrogen-bond acceptors (Lipinski definition) is 5. The third-order valence-electron chi connectivity index (χ3n) is 1.70. The first kappa shape index (κ1) is 13.8. The molecule has 0 unspecified atom stereocenters. The molecular weight excluding hydrogens is 256 g/mol. The molecule has 1 aromatic rings. The van der Waals surface area contributed by atoms with Gasteiger partial charge in [-0.05, 0) is 6.07 Å². The van der Waals surface area contributed by atoms with Crippen LogP contribution in [0.3, 0.4) is 0 Å². The van der Waals surface area contributed by atoms with Gasteiger partial charge in [-0.2, -0.15) is 5.10 Å². The summed E-state index contributed by atoms with van der Waals surface area (Å²) in [7, 11) is 0. The first-order valence-electron chi connectivity index (χ1n) is 4.77. The Hall–Kier alpha value is -2.28. The number of rotatable bonds is 2. The highest BCUT2D eigenvalue weighted by molar-refractivity contribution is 7.97. The van der Waals surface area contributed by atoms with Crippen molar-refractivity contribution in [3.63, 3.8) is 0 Å². The van der Waals surface area contributed by atoms with Gasteiger partial charge in [0.2, 0.25) is 0 Å². The Balaban J connectivity index is 0.000000187. The number of nitrogens with one attached hydrogen (secondary N) is 1. The Labute approximate surface area is 107 Å². The monoisotopic (exact) mass is 266 g/mol. The Morgan fingerprint density at radius 3 is 2.33 bits per heavy atom. The summed E-state index contributed by atoms with van der Waals surface area (Å²) < 4.78 is 0. The molecule has 0 atom stereocenters. The fourth-order valence-corrected chi connectivity index (χ4v) is 1.58. The molecule has 0 aliphatic carbocycles. The molecule has 0 amide bonds. The molecule has 0 saturated heterocycles. The van der Waals surface area contributed by atoms with Crippen molar-refractivity contribution in [3.05, 3.63) is 42.0 Å². The second-order valence-corrected chi connectivity index (χ2v) is 3.83. The molecule has 94 valence electrons. The lowest BCUT2D eigenvalue weighted by Crippen LogP contribution is -2.01. The molecule has 1 heterocycles. The second-order valence-electron chi connectivity index (χ2n) is 3.00. The Bertz CT molecular complexity index is 484. The van der Waals surface area contributed by atoms with Crippen LogP contribution in [0.2, 0.25) is 0 Å². The molecule has 0 spiro atoms. The molecule has 18 heavy (non-hydrogen) atoms. The third kappa shape index (κ3) is 5.17. The number of benzene rings is 1. The zero-order chi connectivity index (χ0) is 13.4. The van der Waals surface area contributed by atoms with Crippen molar-refractivity contribution in [1.29, 1.82) is 0 Å². The van der Waals surface area contributed by atoms with Crippen molar-refractivity contribution in [3.8, 4) is 0 Å². The maximum atomic E-state index is 9.55. The molecule has 7 heteroatoms. The molecule has 2 rings (SSSR count). The maximum absolute atomic E-state index is 9.55. The van der Waals surface area contributed by atoms with E-state index < -0.39 is 11.9 Å². The van der Waals surface area contributed by atoms with E-state index in [2.05, 4.69) is 16.0 Å². The predicted molar refractivity (Wildman–Crippen MR) is 67.4 cm³/mol. The minimum Gasteiger partial charge on any atom is -0.478 e. The summed E-state index contributed by atoms with van der Waals surface area (Å²) in [4.78, 5) is 23.2. The van der Waals surface area contributed by atoms with E-state index in [1.807, 2.05) is 24.4 Å². The molecule has 0 bridgehead atoms. The summed E-state index contributed by atoms with van der Waals surface area (Å²) in [6.07, 6.45) is 2.94. The summed E-state index contributed by atoms with van der Waals surface area (Å²) in [6, 6.07) is 8.15. The van der Waals surface area contributed by atoms with Crippen LogP contribution in [0.5, 0.6) is 0 Å². The molecule has 1 aromatic carbocycles. The molecule has 1 aliphatic heterocycles. The minimum atomic E-state index is -1.26. The SMILES string of the molecule is C1=NNSc2ccccc21.O=C(O)/C=C\C(=O)O. The van der Waals surface area contributed by atoms with E-state index in [9.17, 15) is 9.59 Å². The number of fused-ring (bicyclic) bond motifs is 1. The van der Waals surface area contributed by atoms with Crippen molar-refractivity contribution in [2.24, 2.45) is 5.10 Å². The van der Waals surface area contributed by atoms with Gasteiger partial charge in [-0.3, -0.25) is 0 Å². The predicted octanol–water partition coefficient (Wildman–Crippen LogP) is 1.34. The fourth-order valence-electron chi connectivity index (χ4n) is 0.994. The largest absolute Gasteiger partial charge is 0.478 e. The molecule has 6 nitrogen and oxygen atoms in total. The van der Waals surface area contributed by atoms with Gasteiger partial charge < -0.3 is 10.2 Å².